The Morgan fingerprint density at radius 3 is 2.56 bits per heavy atom. The number of amides is 1. The molecule has 0 aliphatic carbocycles. The molecule has 3 rings (SSSR count). The summed E-state index contributed by atoms with van der Waals surface area (Å²) < 4.78 is 11.5. The van der Waals surface area contributed by atoms with Crippen LogP contribution in [0.1, 0.15) is 18.1 Å². The number of hydrogen-bond donors (Lipinski definition) is 1. The van der Waals surface area contributed by atoms with Gasteiger partial charge in [-0.3, -0.25) is 14.9 Å². The summed E-state index contributed by atoms with van der Waals surface area (Å²) >= 11 is 5.85. The predicted octanol–water partition coefficient (Wildman–Crippen LogP) is 5.77. The van der Waals surface area contributed by atoms with Crippen LogP contribution in [0.2, 0.25) is 5.02 Å². The molecular weight excluding hydrogens is 458 g/mol. The molecule has 0 saturated heterocycles. The van der Waals surface area contributed by atoms with Gasteiger partial charge in [-0.1, -0.05) is 29.8 Å². The van der Waals surface area contributed by atoms with Crippen molar-refractivity contribution in [3.63, 3.8) is 0 Å². The number of nitrogens with one attached hydrogen (secondary N) is 1. The van der Waals surface area contributed by atoms with E-state index >= 15 is 0 Å². The Morgan fingerprint density at radius 1 is 1.12 bits per heavy atom. The first-order chi connectivity index (χ1) is 16.4. The fourth-order valence-electron chi connectivity index (χ4n) is 2.97. The zero-order chi connectivity index (χ0) is 24.5. The minimum Gasteiger partial charge on any atom is -0.490 e. The Morgan fingerprint density at radius 2 is 1.88 bits per heavy atom. The van der Waals surface area contributed by atoms with E-state index in [2.05, 4.69) is 5.32 Å². The third-order valence-corrected chi connectivity index (χ3v) is 4.81. The summed E-state index contributed by atoms with van der Waals surface area (Å²) in [7, 11) is 0. The molecule has 8 nitrogen and oxygen atoms in total. The van der Waals surface area contributed by atoms with Crippen molar-refractivity contribution in [2.45, 2.75) is 13.5 Å². The third-order valence-electron chi connectivity index (χ3n) is 4.56. The molecule has 0 radical (unpaired) electrons. The zero-order valence-electron chi connectivity index (χ0n) is 18.2. The molecule has 1 amide bonds. The van der Waals surface area contributed by atoms with Crippen molar-refractivity contribution in [2.75, 3.05) is 11.9 Å². The average Bonchev–Trinajstić information content (AvgIpc) is 2.83. The molecule has 0 saturated carbocycles. The van der Waals surface area contributed by atoms with Crippen LogP contribution in [0.5, 0.6) is 11.5 Å². The van der Waals surface area contributed by atoms with Crippen molar-refractivity contribution in [3.05, 3.63) is 98.6 Å². The van der Waals surface area contributed by atoms with Crippen LogP contribution in [0, 0.1) is 21.4 Å². The molecule has 0 heterocycles. The van der Waals surface area contributed by atoms with Gasteiger partial charge in [-0.25, -0.2) is 0 Å². The van der Waals surface area contributed by atoms with E-state index in [1.54, 1.807) is 54.6 Å². The number of halogens is 1. The predicted molar refractivity (Wildman–Crippen MR) is 129 cm³/mol. The topological polar surface area (TPSA) is 114 Å². The quantitative estimate of drug-likeness (QED) is 0.181. The monoisotopic (exact) mass is 477 g/mol. The molecule has 1 N–H and O–H groups in total. The Hall–Kier alpha value is -4.35. The number of carbonyl (C=O) groups excluding carboxylic acids is 1. The van der Waals surface area contributed by atoms with Gasteiger partial charge in [0.15, 0.2) is 11.5 Å². The Balaban J connectivity index is 1.77. The SMILES string of the molecule is CCOc1cc(/C=C(/C#N)C(=O)Nc2ccc(Cl)cc2)ccc1OCc1cccc([N+](=O)[O-])c1. The highest BCUT2D eigenvalue weighted by Crippen LogP contribution is 2.30. The zero-order valence-corrected chi connectivity index (χ0v) is 18.9. The van der Waals surface area contributed by atoms with Gasteiger partial charge in [0.05, 0.1) is 11.5 Å². The average molecular weight is 478 g/mol. The summed E-state index contributed by atoms with van der Waals surface area (Å²) in [5.74, 6) is 0.278. The minimum atomic E-state index is -0.561. The van der Waals surface area contributed by atoms with Crippen molar-refractivity contribution < 1.29 is 19.2 Å². The maximum Gasteiger partial charge on any atom is 0.269 e. The van der Waals surface area contributed by atoms with E-state index in [1.807, 2.05) is 13.0 Å². The Labute approximate surface area is 201 Å². The van der Waals surface area contributed by atoms with Gasteiger partial charge >= 0.3 is 0 Å². The van der Waals surface area contributed by atoms with Crippen molar-refractivity contribution >= 4 is 35.0 Å². The van der Waals surface area contributed by atoms with Crippen LogP contribution in [0.3, 0.4) is 0 Å². The summed E-state index contributed by atoms with van der Waals surface area (Å²) in [6.45, 7) is 2.28. The molecule has 172 valence electrons. The van der Waals surface area contributed by atoms with Gasteiger partial charge in [-0.15, -0.1) is 0 Å². The standard InChI is InChI=1S/C25H20ClN3O5/c1-2-33-24-14-17(12-19(15-27)25(30)28-21-9-7-20(26)8-10-21)6-11-23(24)34-16-18-4-3-5-22(13-18)29(31)32/h3-14H,2,16H2,1H3,(H,28,30)/b19-12-. The van der Waals surface area contributed by atoms with Gasteiger partial charge in [0.1, 0.15) is 18.2 Å². The second-order valence-electron chi connectivity index (χ2n) is 6.99. The summed E-state index contributed by atoms with van der Waals surface area (Å²) in [6, 6.07) is 19.6. The van der Waals surface area contributed by atoms with Gasteiger partial charge in [0.2, 0.25) is 0 Å². The molecule has 0 fully saturated rings. The largest absolute Gasteiger partial charge is 0.490 e. The molecule has 3 aromatic rings. The lowest BCUT2D eigenvalue weighted by molar-refractivity contribution is -0.384. The molecule has 0 aliphatic rings. The van der Waals surface area contributed by atoms with E-state index < -0.39 is 10.8 Å². The molecule has 0 spiro atoms. The minimum absolute atomic E-state index is 0.0208. The highest BCUT2D eigenvalue weighted by Gasteiger charge is 2.12. The first-order valence-electron chi connectivity index (χ1n) is 10.2. The first kappa shape index (κ1) is 24.3. The highest BCUT2D eigenvalue weighted by molar-refractivity contribution is 6.30. The lowest BCUT2D eigenvalue weighted by Gasteiger charge is -2.13. The van der Waals surface area contributed by atoms with Crippen LogP contribution >= 0.6 is 11.6 Å². The highest BCUT2D eigenvalue weighted by atomic mass is 35.5. The normalized spacial score (nSPS) is 10.8. The molecule has 9 heteroatoms. The number of rotatable bonds is 9. The second-order valence-corrected chi connectivity index (χ2v) is 7.42. The van der Waals surface area contributed by atoms with Crippen LogP contribution in [0.15, 0.2) is 72.3 Å². The van der Waals surface area contributed by atoms with Gasteiger partial charge in [0.25, 0.3) is 11.6 Å². The van der Waals surface area contributed by atoms with Gasteiger partial charge in [0, 0.05) is 22.8 Å². The van der Waals surface area contributed by atoms with Crippen LogP contribution < -0.4 is 14.8 Å². The lowest BCUT2D eigenvalue weighted by Crippen LogP contribution is -2.13. The van der Waals surface area contributed by atoms with Gasteiger partial charge in [-0.2, -0.15) is 5.26 Å². The number of non-ortho nitro benzene ring substituents is 1. The number of nitro benzene ring substituents is 1. The molecule has 34 heavy (non-hydrogen) atoms. The molecule has 0 aliphatic heterocycles. The summed E-state index contributed by atoms with van der Waals surface area (Å²) in [4.78, 5) is 23.0. The molecule has 0 bridgehead atoms. The number of nitro groups is 1. The fourth-order valence-corrected chi connectivity index (χ4v) is 3.10. The molecular formula is C25H20ClN3O5. The van der Waals surface area contributed by atoms with E-state index in [1.165, 1.54) is 18.2 Å². The Kier molecular flexibility index (Phi) is 8.21. The molecule has 0 aromatic heterocycles. The summed E-state index contributed by atoms with van der Waals surface area (Å²) in [5, 5.41) is 23.6. The number of ether oxygens (including phenoxy) is 2. The van der Waals surface area contributed by atoms with Crippen LogP contribution in [0.4, 0.5) is 11.4 Å². The number of nitrogens with zero attached hydrogens (tertiary/aromatic N) is 2. The van der Waals surface area contributed by atoms with E-state index in [9.17, 15) is 20.2 Å². The van der Waals surface area contributed by atoms with Crippen molar-refractivity contribution in [1.82, 2.24) is 0 Å². The van der Waals surface area contributed by atoms with E-state index in [0.29, 0.717) is 39.9 Å². The van der Waals surface area contributed by atoms with E-state index in [4.69, 9.17) is 21.1 Å². The number of benzene rings is 3. The molecule has 0 atom stereocenters. The summed E-state index contributed by atoms with van der Waals surface area (Å²) in [5.41, 5.74) is 1.59. The van der Waals surface area contributed by atoms with E-state index in [-0.39, 0.29) is 17.9 Å². The number of nitriles is 1. The second kappa shape index (κ2) is 11.5. The van der Waals surface area contributed by atoms with Crippen molar-refractivity contribution in [2.24, 2.45) is 0 Å². The number of hydrogen-bond acceptors (Lipinski definition) is 6. The maximum absolute atomic E-state index is 12.5. The van der Waals surface area contributed by atoms with Crippen molar-refractivity contribution in [1.29, 1.82) is 5.26 Å². The summed E-state index contributed by atoms with van der Waals surface area (Å²) in [6.07, 6.45) is 1.44. The smallest absolute Gasteiger partial charge is 0.269 e. The number of carbonyl (C=O) groups is 1. The van der Waals surface area contributed by atoms with Crippen LogP contribution in [0.25, 0.3) is 6.08 Å². The van der Waals surface area contributed by atoms with Gasteiger partial charge in [-0.05, 0) is 60.5 Å². The first-order valence-corrected chi connectivity index (χ1v) is 10.6. The lowest BCUT2D eigenvalue weighted by atomic mass is 10.1. The fraction of sp³-hybridized carbons (Fsp3) is 0.120. The number of anilines is 1. The third kappa shape index (κ3) is 6.58. The van der Waals surface area contributed by atoms with E-state index in [0.717, 1.165) is 0 Å². The van der Waals surface area contributed by atoms with Crippen LogP contribution in [-0.2, 0) is 11.4 Å². The van der Waals surface area contributed by atoms with Crippen LogP contribution in [-0.4, -0.2) is 17.4 Å². The Bertz CT molecular complexity index is 1270. The maximum atomic E-state index is 12.5. The molecule has 0 unspecified atom stereocenters. The van der Waals surface area contributed by atoms with Gasteiger partial charge < -0.3 is 14.8 Å². The van der Waals surface area contributed by atoms with Crippen molar-refractivity contribution in [3.8, 4) is 17.6 Å². The molecule has 3 aromatic carbocycles.